The van der Waals surface area contributed by atoms with Crippen LogP contribution >= 0.6 is 0 Å². The minimum atomic E-state index is 0.642. The average molecular weight is 267 g/mol. The highest BCUT2D eigenvalue weighted by Crippen LogP contribution is 2.21. The first-order valence-electron chi connectivity index (χ1n) is 7.49. The number of rotatable bonds is 5. The van der Waals surface area contributed by atoms with Crippen molar-refractivity contribution in [1.29, 1.82) is 0 Å². The van der Waals surface area contributed by atoms with E-state index in [9.17, 15) is 0 Å². The van der Waals surface area contributed by atoms with Crippen molar-refractivity contribution >= 4 is 5.69 Å². The summed E-state index contributed by atoms with van der Waals surface area (Å²) in [6.07, 6.45) is 1.19. The first-order chi connectivity index (χ1) is 9.58. The van der Waals surface area contributed by atoms with Crippen molar-refractivity contribution in [3.8, 4) is 0 Å². The second kappa shape index (κ2) is 6.60. The summed E-state index contributed by atoms with van der Waals surface area (Å²) in [6.45, 7) is 9.69. The van der Waals surface area contributed by atoms with Crippen LogP contribution in [0.1, 0.15) is 48.4 Å². The highest BCUT2D eigenvalue weighted by molar-refractivity contribution is 5.46. The number of hydrogen-bond donors (Lipinski definition) is 1. The summed E-state index contributed by atoms with van der Waals surface area (Å²) in [7, 11) is 0. The molecule has 0 radical (unpaired) electrons. The van der Waals surface area contributed by atoms with Gasteiger partial charge in [-0.1, -0.05) is 55.3 Å². The molecule has 2 rings (SSSR count). The first kappa shape index (κ1) is 14.6. The Morgan fingerprint density at radius 3 is 2.10 bits per heavy atom. The molecule has 1 nitrogen and oxygen atoms in total. The largest absolute Gasteiger partial charge is 0.381 e. The van der Waals surface area contributed by atoms with E-state index in [-0.39, 0.29) is 0 Å². The van der Waals surface area contributed by atoms with E-state index < -0.39 is 0 Å². The lowest BCUT2D eigenvalue weighted by atomic mass is 9.98. The van der Waals surface area contributed by atoms with Gasteiger partial charge in [0.2, 0.25) is 0 Å². The van der Waals surface area contributed by atoms with Crippen LogP contribution in [0.25, 0.3) is 0 Å². The number of hydrogen-bond acceptors (Lipinski definition) is 1. The fourth-order valence-electron chi connectivity index (χ4n) is 2.54. The lowest BCUT2D eigenvalue weighted by Gasteiger charge is -2.12. The summed E-state index contributed by atoms with van der Waals surface area (Å²) < 4.78 is 0. The molecule has 1 heteroatoms. The Hall–Kier alpha value is -1.76. The van der Waals surface area contributed by atoms with Crippen molar-refractivity contribution < 1.29 is 0 Å². The van der Waals surface area contributed by atoms with Crippen LogP contribution in [-0.4, -0.2) is 0 Å². The molecule has 106 valence electrons. The number of nitrogens with one attached hydrogen (secondary N) is 1. The number of anilines is 1. The Kier molecular flexibility index (Phi) is 4.84. The molecular weight excluding hydrogens is 242 g/mol. The highest BCUT2D eigenvalue weighted by Gasteiger charge is 2.02. The quantitative estimate of drug-likeness (QED) is 0.761. The van der Waals surface area contributed by atoms with Crippen LogP contribution in [-0.2, 0) is 6.54 Å². The first-order valence-corrected chi connectivity index (χ1v) is 7.49. The van der Waals surface area contributed by atoms with Gasteiger partial charge in [0, 0.05) is 12.2 Å². The van der Waals surface area contributed by atoms with Crippen molar-refractivity contribution in [3.05, 3.63) is 64.7 Å². The van der Waals surface area contributed by atoms with Gasteiger partial charge >= 0.3 is 0 Å². The van der Waals surface area contributed by atoms with E-state index in [0.29, 0.717) is 5.92 Å². The maximum absolute atomic E-state index is 3.50. The van der Waals surface area contributed by atoms with Gasteiger partial charge < -0.3 is 5.32 Å². The molecule has 0 saturated heterocycles. The zero-order chi connectivity index (χ0) is 14.5. The minimum absolute atomic E-state index is 0.642. The Balaban J connectivity index is 2.00. The average Bonchev–Trinajstić information content (AvgIpc) is 2.44. The predicted octanol–water partition coefficient (Wildman–Crippen LogP) is 5.43. The topological polar surface area (TPSA) is 12.0 Å². The summed E-state index contributed by atoms with van der Waals surface area (Å²) in [6, 6.07) is 15.5. The lowest BCUT2D eigenvalue weighted by Crippen LogP contribution is -2.00. The van der Waals surface area contributed by atoms with E-state index in [4.69, 9.17) is 0 Å². The third kappa shape index (κ3) is 3.86. The molecule has 0 heterocycles. The summed E-state index contributed by atoms with van der Waals surface area (Å²) in [5.74, 6) is 0.642. The Labute approximate surface area is 123 Å². The second-order valence-electron chi connectivity index (χ2n) is 5.78. The van der Waals surface area contributed by atoms with E-state index in [0.717, 1.165) is 6.54 Å². The standard InChI is InChI=1S/C19H25N/c1-5-16(4)18-6-8-19(9-7-18)20-13-17-11-14(2)10-15(3)12-17/h6-12,16,20H,5,13H2,1-4H3. The molecule has 0 amide bonds. The van der Waals surface area contributed by atoms with Crippen LogP contribution in [0.4, 0.5) is 5.69 Å². The molecule has 20 heavy (non-hydrogen) atoms. The molecule has 0 bridgehead atoms. The zero-order valence-electron chi connectivity index (χ0n) is 13.0. The van der Waals surface area contributed by atoms with Gasteiger partial charge in [-0.3, -0.25) is 0 Å². The fraction of sp³-hybridized carbons (Fsp3) is 0.368. The van der Waals surface area contributed by atoms with Crippen LogP contribution in [0.2, 0.25) is 0 Å². The van der Waals surface area contributed by atoms with E-state index >= 15 is 0 Å². The normalized spacial score (nSPS) is 12.2. The second-order valence-corrected chi connectivity index (χ2v) is 5.78. The van der Waals surface area contributed by atoms with Crippen molar-refractivity contribution in [3.63, 3.8) is 0 Å². The summed E-state index contributed by atoms with van der Waals surface area (Å²) in [4.78, 5) is 0. The molecule has 0 spiro atoms. The van der Waals surface area contributed by atoms with Gasteiger partial charge in [-0.05, 0) is 49.4 Å². The molecule has 0 aliphatic heterocycles. The predicted molar refractivity (Wildman–Crippen MR) is 88.4 cm³/mol. The molecule has 0 aliphatic carbocycles. The van der Waals surface area contributed by atoms with E-state index in [1.807, 2.05) is 0 Å². The van der Waals surface area contributed by atoms with Gasteiger partial charge in [-0.15, -0.1) is 0 Å². The van der Waals surface area contributed by atoms with Crippen LogP contribution in [0, 0.1) is 13.8 Å². The van der Waals surface area contributed by atoms with E-state index in [1.54, 1.807) is 0 Å². The fourth-order valence-corrected chi connectivity index (χ4v) is 2.54. The zero-order valence-corrected chi connectivity index (χ0v) is 13.0. The van der Waals surface area contributed by atoms with Crippen molar-refractivity contribution in [2.75, 3.05) is 5.32 Å². The van der Waals surface area contributed by atoms with Gasteiger partial charge in [0.25, 0.3) is 0 Å². The molecular formula is C19H25N. The van der Waals surface area contributed by atoms with Gasteiger partial charge in [0.1, 0.15) is 0 Å². The minimum Gasteiger partial charge on any atom is -0.381 e. The van der Waals surface area contributed by atoms with Crippen LogP contribution in [0.5, 0.6) is 0 Å². The van der Waals surface area contributed by atoms with Gasteiger partial charge in [0.05, 0.1) is 0 Å². The molecule has 0 aliphatic rings. The maximum atomic E-state index is 3.50. The molecule has 0 saturated carbocycles. The number of aryl methyl sites for hydroxylation is 2. The number of benzene rings is 2. The van der Waals surface area contributed by atoms with Crippen molar-refractivity contribution in [2.24, 2.45) is 0 Å². The third-order valence-electron chi connectivity index (χ3n) is 3.87. The smallest absolute Gasteiger partial charge is 0.0400 e. The summed E-state index contributed by atoms with van der Waals surface area (Å²) >= 11 is 0. The molecule has 2 aromatic rings. The van der Waals surface area contributed by atoms with Gasteiger partial charge in [-0.2, -0.15) is 0 Å². The van der Waals surface area contributed by atoms with Crippen LogP contribution < -0.4 is 5.32 Å². The maximum Gasteiger partial charge on any atom is 0.0400 e. The third-order valence-corrected chi connectivity index (χ3v) is 3.87. The Morgan fingerprint density at radius 1 is 0.950 bits per heavy atom. The molecule has 1 N–H and O–H groups in total. The van der Waals surface area contributed by atoms with E-state index in [2.05, 4.69) is 75.5 Å². The summed E-state index contributed by atoms with van der Waals surface area (Å²) in [5, 5.41) is 3.50. The molecule has 0 fully saturated rings. The van der Waals surface area contributed by atoms with Crippen molar-refractivity contribution in [1.82, 2.24) is 0 Å². The SMILES string of the molecule is CCC(C)c1ccc(NCc2cc(C)cc(C)c2)cc1. The monoisotopic (exact) mass is 267 g/mol. The van der Waals surface area contributed by atoms with Gasteiger partial charge in [-0.25, -0.2) is 0 Å². The van der Waals surface area contributed by atoms with E-state index in [1.165, 1.54) is 34.4 Å². The van der Waals surface area contributed by atoms with Gasteiger partial charge in [0.15, 0.2) is 0 Å². The molecule has 1 unspecified atom stereocenters. The molecule has 2 aromatic carbocycles. The highest BCUT2D eigenvalue weighted by atomic mass is 14.9. The molecule has 1 atom stereocenters. The Morgan fingerprint density at radius 2 is 1.55 bits per heavy atom. The van der Waals surface area contributed by atoms with Crippen molar-refractivity contribution in [2.45, 2.75) is 46.6 Å². The lowest BCUT2D eigenvalue weighted by molar-refractivity contribution is 0.734. The van der Waals surface area contributed by atoms with Crippen LogP contribution in [0.3, 0.4) is 0 Å². The van der Waals surface area contributed by atoms with Crippen LogP contribution in [0.15, 0.2) is 42.5 Å². The molecule has 0 aromatic heterocycles. The summed E-state index contributed by atoms with van der Waals surface area (Å²) in [5.41, 5.74) is 6.61. The Bertz CT molecular complexity index is 534.